The highest BCUT2D eigenvalue weighted by molar-refractivity contribution is 5.82. The molecule has 3 N–H and O–H groups in total. The second-order valence-electron chi connectivity index (χ2n) is 4.01. The zero-order chi connectivity index (χ0) is 13.4. The minimum absolute atomic E-state index is 0.0150. The molecule has 7 nitrogen and oxygen atoms in total. The summed E-state index contributed by atoms with van der Waals surface area (Å²) in [7, 11) is 0. The minimum Gasteiger partial charge on any atom is -0.479 e. The van der Waals surface area contributed by atoms with Crippen LogP contribution >= 0.6 is 0 Å². The van der Waals surface area contributed by atoms with Crippen molar-refractivity contribution in [2.75, 3.05) is 26.4 Å². The van der Waals surface area contributed by atoms with E-state index < -0.39 is 18.2 Å². The van der Waals surface area contributed by atoms with E-state index in [-0.39, 0.29) is 12.5 Å². The summed E-state index contributed by atoms with van der Waals surface area (Å²) in [5, 5.41) is 19.8. The maximum atomic E-state index is 11.6. The van der Waals surface area contributed by atoms with Gasteiger partial charge >= 0.3 is 5.97 Å². The van der Waals surface area contributed by atoms with Crippen molar-refractivity contribution < 1.29 is 29.3 Å². The van der Waals surface area contributed by atoms with E-state index in [4.69, 9.17) is 19.7 Å². The van der Waals surface area contributed by atoms with Crippen molar-refractivity contribution in [2.24, 2.45) is 0 Å². The Hall–Kier alpha value is -1.18. The molecular weight excluding hydrogens is 242 g/mol. The molecule has 0 bridgehead atoms. The van der Waals surface area contributed by atoms with Gasteiger partial charge in [-0.3, -0.25) is 4.79 Å². The maximum Gasteiger partial charge on any atom is 0.332 e. The average Bonchev–Trinajstić information content (AvgIpc) is 2.83. The quantitative estimate of drug-likeness (QED) is 0.491. The average molecular weight is 261 g/mol. The van der Waals surface area contributed by atoms with E-state index in [9.17, 15) is 9.59 Å². The Morgan fingerprint density at radius 2 is 2.00 bits per heavy atom. The van der Waals surface area contributed by atoms with Crippen LogP contribution in [0.25, 0.3) is 0 Å². The Morgan fingerprint density at radius 1 is 1.28 bits per heavy atom. The fraction of sp³-hybridized carbons (Fsp3) is 0.818. The highest BCUT2D eigenvalue weighted by Crippen LogP contribution is 2.19. The van der Waals surface area contributed by atoms with Crippen LogP contribution in [0.15, 0.2) is 0 Å². The standard InChI is InChI=1S/C11H19NO6/c13-5-7-17-6-1-4-12-10(14)8-2-3-9(18-8)11(15)16/h8-9,13H,1-7H2,(H,12,14)(H,15,16)/t8-,9+/m0/s1. The number of carboxylic acids is 1. The summed E-state index contributed by atoms with van der Waals surface area (Å²) >= 11 is 0. The first kappa shape index (κ1) is 14.9. The first-order chi connectivity index (χ1) is 8.65. The molecule has 0 spiro atoms. The lowest BCUT2D eigenvalue weighted by atomic mass is 10.2. The van der Waals surface area contributed by atoms with E-state index in [1.165, 1.54) is 0 Å². The number of aliphatic hydroxyl groups excluding tert-OH is 1. The second kappa shape index (κ2) is 8.02. The molecule has 2 atom stereocenters. The van der Waals surface area contributed by atoms with Crippen LogP contribution in [0.1, 0.15) is 19.3 Å². The molecular formula is C11H19NO6. The number of amides is 1. The van der Waals surface area contributed by atoms with E-state index in [0.717, 1.165) is 0 Å². The van der Waals surface area contributed by atoms with Crippen LogP contribution < -0.4 is 5.32 Å². The Kier molecular flexibility index (Phi) is 6.63. The lowest BCUT2D eigenvalue weighted by Gasteiger charge is -2.11. The first-order valence-corrected chi connectivity index (χ1v) is 5.99. The Labute approximate surface area is 105 Å². The molecule has 7 heteroatoms. The third kappa shape index (κ3) is 4.99. The van der Waals surface area contributed by atoms with E-state index in [0.29, 0.717) is 39.0 Å². The highest BCUT2D eigenvalue weighted by atomic mass is 16.5. The molecule has 0 unspecified atom stereocenters. The summed E-state index contributed by atoms with van der Waals surface area (Å²) in [6.45, 7) is 1.19. The Balaban J connectivity index is 2.09. The second-order valence-corrected chi connectivity index (χ2v) is 4.01. The van der Waals surface area contributed by atoms with Gasteiger partial charge in [-0.25, -0.2) is 4.79 Å². The lowest BCUT2D eigenvalue weighted by Crippen LogP contribution is -2.36. The molecule has 0 saturated carbocycles. The smallest absolute Gasteiger partial charge is 0.332 e. The van der Waals surface area contributed by atoms with Gasteiger partial charge in [0.1, 0.15) is 6.10 Å². The molecule has 1 saturated heterocycles. The number of rotatable bonds is 8. The molecule has 0 aromatic rings. The predicted octanol–water partition coefficient (Wildman–Crippen LogP) is -0.866. The van der Waals surface area contributed by atoms with Crippen LogP contribution in [-0.4, -0.2) is 60.7 Å². The van der Waals surface area contributed by atoms with Crippen LogP contribution in [-0.2, 0) is 19.1 Å². The molecule has 1 aliphatic rings. The number of hydrogen-bond donors (Lipinski definition) is 3. The summed E-state index contributed by atoms with van der Waals surface area (Å²) in [5.74, 6) is -1.30. The number of hydrogen-bond acceptors (Lipinski definition) is 5. The summed E-state index contributed by atoms with van der Waals surface area (Å²) in [4.78, 5) is 22.2. The van der Waals surface area contributed by atoms with Gasteiger partial charge in [0.2, 0.25) is 5.91 Å². The zero-order valence-electron chi connectivity index (χ0n) is 10.1. The normalized spacial score (nSPS) is 22.9. The topological polar surface area (TPSA) is 105 Å². The number of carbonyl (C=O) groups excluding carboxylic acids is 1. The molecule has 1 heterocycles. The van der Waals surface area contributed by atoms with Gasteiger partial charge in [0.25, 0.3) is 0 Å². The van der Waals surface area contributed by atoms with E-state index in [1.54, 1.807) is 0 Å². The van der Waals surface area contributed by atoms with Crippen LogP contribution in [0.3, 0.4) is 0 Å². The summed E-state index contributed by atoms with van der Waals surface area (Å²) in [6.07, 6.45) is -0.0874. The molecule has 0 aromatic heterocycles. The summed E-state index contributed by atoms with van der Waals surface area (Å²) < 4.78 is 10.1. The van der Waals surface area contributed by atoms with Crippen molar-refractivity contribution >= 4 is 11.9 Å². The maximum absolute atomic E-state index is 11.6. The van der Waals surface area contributed by atoms with Crippen molar-refractivity contribution in [3.8, 4) is 0 Å². The Bertz CT molecular complexity index is 283. The van der Waals surface area contributed by atoms with Crippen molar-refractivity contribution in [3.05, 3.63) is 0 Å². The van der Waals surface area contributed by atoms with Crippen molar-refractivity contribution in [1.82, 2.24) is 5.32 Å². The van der Waals surface area contributed by atoms with Gasteiger partial charge in [0, 0.05) is 13.2 Å². The third-order valence-electron chi connectivity index (χ3n) is 2.59. The van der Waals surface area contributed by atoms with E-state index in [1.807, 2.05) is 0 Å². The highest BCUT2D eigenvalue weighted by Gasteiger charge is 2.34. The minimum atomic E-state index is -1.03. The van der Waals surface area contributed by atoms with Gasteiger partial charge in [-0.1, -0.05) is 0 Å². The van der Waals surface area contributed by atoms with Crippen LogP contribution in [0, 0.1) is 0 Å². The number of ether oxygens (including phenoxy) is 2. The monoisotopic (exact) mass is 261 g/mol. The number of aliphatic carboxylic acids is 1. The van der Waals surface area contributed by atoms with Crippen molar-refractivity contribution in [2.45, 2.75) is 31.5 Å². The molecule has 0 radical (unpaired) electrons. The van der Waals surface area contributed by atoms with E-state index >= 15 is 0 Å². The number of carbonyl (C=O) groups is 2. The van der Waals surface area contributed by atoms with Gasteiger partial charge in [-0.05, 0) is 19.3 Å². The molecule has 1 rings (SSSR count). The number of carboxylic acid groups (broad SMARTS) is 1. The largest absolute Gasteiger partial charge is 0.479 e. The van der Waals surface area contributed by atoms with Gasteiger partial charge in [-0.15, -0.1) is 0 Å². The molecule has 0 aromatic carbocycles. The SMILES string of the molecule is O=C(NCCCOCCO)[C@@H]1CC[C@H](C(=O)O)O1. The fourth-order valence-corrected chi connectivity index (χ4v) is 1.68. The van der Waals surface area contributed by atoms with Gasteiger partial charge in [-0.2, -0.15) is 0 Å². The lowest BCUT2D eigenvalue weighted by molar-refractivity contribution is -0.151. The molecule has 1 fully saturated rings. The molecule has 1 amide bonds. The van der Waals surface area contributed by atoms with Crippen molar-refractivity contribution in [1.29, 1.82) is 0 Å². The van der Waals surface area contributed by atoms with Gasteiger partial charge in [0.05, 0.1) is 13.2 Å². The van der Waals surface area contributed by atoms with Crippen LogP contribution in [0.4, 0.5) is 0 Å². The zero-order valence-corrected chi connectivity index (χ0v) is 10.1. The number of aliphatic hydroxyl groups is 1. The van der Waals surface area contributed by atoms with Crippen LogP contribution in [0.2, 0.25) is 0 Å². The molecule has 0 aliphatic carbocycles. The van der Waals surface area contributed by atoms with Crippen LogP contribution in [0.5, 0.6) is 0 Å². The summed E-state index contributed by atoms with van der Waals surface area (Å²) in [6, 6.07) is 0. The summed E-state index contributed by atoms with van der Waals surface area (Å²) in [5.41, 5.74) is 0. The molecule has 1 aliphatic heterocycles. The van der Waals surface area contributed by atoms with Gasteiger partial charge in [0.15, 0.2) is 6.10 Å². The molecule has 104 valence electrons. The predicted molar refractivity (Wildman–Crippen MR) is 61.1 cm³/mol. The van der Waals surface area contributed by atoms with E-state index in [2.05, 4.69) is 5.32 Å². The fourth-order valence-electron chi connectivity index (χ4n) is 1.68. The van der Waals surface area contributed by atoms with Gasteiger partial charge < -0.3 is 25.0 Å². The number of nitrogens with one attached hydrogen (secondary N) is 1. The van der Waals surface area contributed by atoms with Crippen molar-refractivity contribution in [3.63, 3.8) is 0 Å². The molecule has 18 heavy (non-hydrogen) atoms. The first-order valence-electron chi connectivity index (χ1n) is 5.99. The Morgan fingerprint density at radius 3 is 2.61 bits per heavy atom. The third-order valence-corrected chi connectivity index (χ3v) is 2.59.